The zero-order valence-corrected chi connectivity index (χ0v) is 11.4. The standard InChI is InChI=1S/C12H13N5OS/c1-7-3-4-8(2)9(5-7)18-6-10-14-15-12-17(10)16-11(13)19-12/h3-5H,6H2,1-2H3,(H2,13,16). The fourth-order valence-electron chi connectivity index (χ4n) is 1.77. The molecule has 0 unspecified atom stereocenters. The molecule has 0 aliphatic heterocycles. The van der Waals surface area contributed by atoms with Gasteiger partial charge in [-0.1, -0.05) is 23.5 Å². The third-order valence-corrected chi connectivity index (χ3v) is 3.50. The van der Waals surface area contributed by atoms with Crippen LogP contribution in [0, 0.1) is 13.8 Å². The third-order valence-electron chi connectivity index (χ3n) is 2.77. The molecule has 0 fully saturated rings. The van der Waals surface area contributed by atoms with Crippen molar-refractivity contribution in [1.82, 2.24) is 19.8 Å². The van der Waals surface area contributed by atoms with Crippen LogP contribution in [0.5, 0.6) is 5.75 Å². The maximum atomic E-state index is 5.78. The average molecular weight is 275 g/mol. The molecule has 0 spiro atoms. The number of ether oxygens (including phenoxy) is 1. The Hall–Kier alpha value is -2.15. The van der Waals surface area contributed by atoms with E-state index < -0.39 is 0 Å². The summed E-state index contributed by atoms with van der Waals surface area (Å²) in [6.45, 7) is 4.35. The van der Waals surface area contributed by atoms with Crippen LogP contribution in [0.4, 0.5) is 5.13 Å². The Morgan fingerprint density at radius 3 is 3.00 bits per heavy atom. The van der Waals surface area contributed by atoms with E-state index in [-0.39, 0.29) is 0 Å². The predicted molar refractivity (Wildman–Crippen MR) is 73.3 cm³/mol. The maximum Gasteiger partial charge on any atom is 0.236 e. The van der Waals surface area contributed by atoms with E-state index in [1.165, 1.54) is 11.3 Å². The van der Waals surface area contributed by atoms with Crippen molar-refractivity contribution in [2.75, 3.05) is 5.73 Å². The molecule has 6 nitrogen and oxygen atoms in total. The van der Waals surface area contributed by atoms with E-state index in [4.69, 9.17) is 10.5 Å². The van der Waals surface area contributed by atoms with Gasteiger partial charge < -0.3 is 10.5 Å². The quantitative estimate of drug-likeness (QED) is 0.790. The van der Waals surface area contributed by atoms with Crippen LogP contribution in [0.3, 0.4) is 0 Å². The van der Waals surface area contributed by atoms with Gasteiger partial charge in [-0.05, 0) is 31.0 Å². The molecule has 2 aromatic heterocycles. The highest BCUT2D eigenvalue weighted by atomic mass is 32.1. The molecule has 0 amide bonds. The van der Waals surface area contributed by atoms with Crippen LogP contribution in [0.25, 0.3) is 4.96 Å². The number of hydrogen-bond acceptors (Lipinski definition) is 6. The first-order valence-electron chi connectivity index (χ1n) is 5.80. The predicted octanol–water partition coefficient (Wildman–Crippen LogP) is 1.96. The molecular formula is C12H13N5OS. The van der Waals surface area contributed by atoms with Crippen molar-refractivity contribution in [3.8, 4) is 5.75 Å². The topological polar surface area (TPSA) is 78.3 Å². The average Bonchev–Trinajstić information content (AvgIpc) is 2.90. The Morgan fingerprint density at radius 2 is 2.16 bits per heavy atom. The third kappa shape index (κ3) is 2.24. The van der Waals surface area contributed by atoms with E-state index in [0.29, 0.717) is 22.5 Å². The molecule has 2 heterocycles. The minimum Gasteiger partial charge on any atom is -0.485 e. The second kappa shape index (κ2) is 4.51. The summed E-state index contributed by atoms with van der Waals surface area (Å²) in [5, 5.41) is 12.6. The summed E-state index contributed by atoms with van der Waals surface area (Å²) in [5.74, 6) is 1.49. The van der Waals surface area contributed by atoms with Gasteiger partial charge in [-0.15, -0.1) is 15.3 Å². The van der Waals surface area contributed by atoms with Gasteiger partial charge in [0, 0.05) is 0 Å². The summed E-state index contributed by atoms with van der Waals surface area (Å²) in [5.41, 5.74) is 7.88. The van der Waals surface area contributed by atoms with Crippen molar-refractivity contribution < 1.29 is 4.74 Å². The molecule has 0 aliphatic carbocycles. The molecule has 3 aromatic rings. The number of fused-ring (bicyclic) bond motifs is 1. The summed E-state index contributed by atoms with van der Waals surface area (Å²) < 4.78 is 7.40. The molecular weight excluding hydrogens is 262 g/mol. The van der Waals surface area contributed by atoms with E-state index in [1.54, 1.807) is 4.52 Å². The molecule has 19 heavy (non-hydrogen) atoms. The molecule has 0 aliphatic rings. The first-order chi connectivity index (χ1) is 9.13. The molecule has 0 saturated carbocycles. The van der Waals surface area contributed by atoms with E-state index in [1.807, 2.05) is 26.0 Å². The summed E-state index contributed by atoms with van der Waals surface area (Å²) in [6, 6.07) is 6.09. The lowest BCUT2D eigenvalue weighted by Gasteiger charge is -2.08. The number of nitrogen functional groups attached to an aromatic ring is 1. The van der Waals surface area contributed by atoms with Crippen molar-refractivity contribution in [2.24, 2.45) is 0 Å². The van der Waals surface area contributed by atoms with Crippen LogP contribution >= 0.6 is 11.3 Å². The Kier molecular flexibility index (Phi) is 2.83. The number of rotatable bonds is 3. The van der Waals surface area contributed by atoms with E-state index in [2.05, 4.69) is 21.4 Å². The smallest absolute Gasteiger partial charge is 0.236 e. The molecule has 0 saturated heterocycles. The maximum absolute atomic E-state index is 5.78. The monoisotopic (exact) mass is 275 g/mol. The number of nitrogens with zero attached hydrogens (tertiary/aromatic N) is 4. The Morgan fingerprint density at radius 1 is 1.32 bits per heavy atom. The minimum absolute atomic E-state index is 0.314. The van der Waals surface area contributed by atoms with Crippen molar-refractivity contribution >= 4 is 21.4 Å². The number of benzene rings is 1. The molecule has 98 valence electrons. The van der Waals surface area contributed by atoms with Gasteiger partial charge in [0.1, 0.15) is 12.4 Å². The van der Waals surface area contributed by atoms with Crippen molar-refractivity contribution in [2.45, 2.75) is 20.5 Å². The molecule has 2 N–H and O–H groups in total. The zero-order valence-electron chi connectivity index (χ0n) is 10.6. The molecule has 1 aromatic carbocycles. The lowest BCUT2D eigenvalue weighted by atomic mass is 10.1. The van der Waals surface area contributed by atoms with E-state index in [0.717, 1.165) is 16.9 Å². The van der Waals surface area contributed by atoms with Gasteiger partial charge >= 0.3 is 0 Å². The summed E-state index contributed by atoms with van der Waals surface area (Å²) in [4.78, 5) is 0.678. The fourth-order valence-corrected chi connectivity index (χ4v) is 2.39. The van der Waals surface area contributed by atoms with Gasteiger partial charge in [0.15, 0.2) is 5.82 Å². The van der Waals surface area contributed by atoms with Crippen LogP contribution in [-0.2, 0) is 6.61 Å². The number of aromatic nitrogens is 4. The van der Waals surface area contributed by atoms with Crippen LogP contribution < -0.4 is 10.5 Å². The highest BCUT2D eigenvalue weighted by Crippen LogP contribution is 2.21. The van der Waals surface area contributed by atoms with Gasteiger partial charge in [-0.25, -0.2) is 0 Å². The first-order valence-corrected chi connectivity index (χ1v) is 6.62. The summed E-state index contributed by atoms with van der Waals surface area (Å²) >= 11 is 1.30. The molecule has 3 rings (SSSR count). The van der Waals surface area contributed by atoms with Crippen molar-refractivity contribution in [1.29, 1.82) is 0 Å². The summed E-state index contributed by atoms with van der Waals surface area (Å²) in [6.07, 6.45) is 0. The zero-order chi connectivity index (χ0) is 13.4. The van der Waals surface area contributed by atoms with Gasteiger partial charge in [-0.2, -0.15) is 4.52 Å². The number of hydrogen-bond donors (Lipinski definition) is 1. The number of anilines is 1. The number of aryl methyl sites for hydroxylation is 2. The largest absolute Gasteiger partial charge is 0.485 e. The lowest BCUT2D eigenvalue weighted by molar-refractivity contribution is 0.290. The van der Waals surface area contributed by atoms with Gasteiger partial charge in [-0.3, -0.25) is 0 Å². The Bertz CT molecular complexity index is 733. The van der Waals surface area contributed by atoms with Crippen LogP contribution in [-0.4, -0.2) is 19.8 Å². The first kappa shape index (κ1) is 11.9. The molecule has 7 heteroatoms. The van der Waals surface area contributed by atoms with E-state index >= 15 is 0 Å². The highest BCUT2D eigenvalue weighted by molar-refractivity contribution is 7.20. The molecule has 0 radical (unpaired) electrons. The second-order valence-corrected chi connectivity index (χ2v) is 5.30. The Labute approximate surface area is 113 Å². The van der Waals surface area contributed by atoms with Gasteiger partial charge in [0.05, 0.1) is 0 Å². The van der Waals surface area contributed by atoms with Gasteiger partial charge in [0.25, 0.3) is 0 Å². The fraction of sp³-hybridized carbons (Fsp3) is 0.250. The SMILES string of the molecule is Cc1ccc(C)c(OCc2nnc3sc(N)nn23)c1. The highest BCUT2D eigenvalue weighted by Gasteiger charge is 2.11. The molecule has 0 atom stereocenters. The number of nitrogens with two attached hydrogens (primary N) is 1. The summed E-state index contributed by atoms with van der Waals surface area (Å²) in [7, 11) is 0. The lowest BCUT2D eigenvalue weighted by Crippen LogP contribution is -2.03. The van der Waals surface area contributed by atoms with Crippen molar-refractivity contribution in [3.05, 3.63) is 35.2 Å². The van der Waals surface area contributed by atoms with Crippen LogP contribution in [0.1, 0.15) is 17.0 Å². The van der Waals surface area contributed by atoms with E-state index in [9.17, 15) is 0 Å². The Balaban J connectivity index is 1.83. The van der Waals surface area contributed by atoms with Crippen LogP contribution in [0.2, 0.25) is 0 Å². The minimum atomic E-state index is 0.314. The second-order valence-electron chi connectivity index (χ2n) is 4.31. The molecule has 0 bridgehead atoms. The van der Waals surface area contributed by atoms with Gasteiger partial charge in [0.2, 0.25) is 10.1 Å². The van der Waals surface area contributed by atoms with Crippen molar-refractivity contribution in [3.63, 3.8) is 0 Å². The normalized spacial score (nSPS) is 11.1. The van der Waals surface area contributed by atoms with Crippen LogP contribution in [0.15, 0.2) is 18.2 Å².